The van der Waals surface area contributed by atoms with E-state index in [1.165, 1.54) is 7.11 Å². The van der Waals surface area contributed by atoms with Crippen molar-refractivity contribution in [1.82, 2.24) is 4.90 Å². The third-order valence-electron chi connectivity index (χ3n) is 5.56. The number of carbonyl (C=O) groups is 1. The van der Waals surface area contributed by atoms with Crippen LogP contribution < -0.4 is 9.47 Å². The highest BCUT2D eigenvalue weighted by Gasteiger charge is 2.58. The van der Waals surface area contributed by atoms with E-state index in [2.05, 4.69) is 0 Å². The summed E-state index contributed by atoms with van der Waals surface area (Å²) in [6.07, 6.45) is -1.86. The number of hydrogen-bond acceptors (Lipinski definition) is 6. The van der Waals surface area contributed by atoms with Crippen LogP contribution in [0, 0.1) is 0 Å². The third kappa shape index (κ3) is 2.51. The van der Waals surface area contributed by atoms with Crippen LogP contribution in [0.2, 0.25) is 0 Å². The summed E-state index contributed by atoms with van der Waals surface area (Å²) in [6.45, 7) is 0.413. The number of rotatable bonds is 4. The Balaban J connectivity index is 2.01. The molecule has 7 heteroatoms. The first-order valence-corrected chi connectivity index (χ1v) is 9.06. The van der Waals surface area contributed by atoms with Gasteiger partial charge in [0.1, 0.15) is 5.54 Å². The summed E-state index contributed by atoms with van der Waals surface area (Å²) in [5.41, 5.74) is 1.25. The molecule has 4 rings (SSSR count). The minimum Gasteiger partial charge on any atom is -0.493 e. The van der Waals surface area contributed by atoms with E-state index in [1.807, 2.05) is 42.5 Å². The molecule has 0 saturated carbocycles. The Morgan fingerprint density at radius 3 is 2.43 bits per heavy atom. The number of aliphatic hydroxyl groups excluding tert-OH is 1. The molecule has 0 aromatic heterocycles. The normalized spacial score (nSPS) is 26.4. The number of nitrogens with zero attached hydrogens (tertiary/aromatic N) is 1. The van der Waals surface area contributed by atoms with Crippen molar-refractivity contribution < 1.29 is 28.8 Å². The largest absolute Gasteiger partial charge is 0.493 e. The molecule has 1 amide bonds. The number of amides is 1. The summed E-state index contributed by atoms with van der Waals surface area (Å²) in [5, 5.41) is 11.2. The third-order valence-corrected chi connectivity index (χ3v) is 5.56. The molecule has 0 radical (unpaired) electrons. The molecule has 2 aromatic carbocycles. The summed E-state index contributed by atoms with van der Waals surface area (Å²) < 4.78 is 21.7. The van der Waals surface area contributed by atoms with Gasteiger partial charge >= 0.3 is 0 Å². The Kier molecular flexibility index (Phi) is 4.74. The Bertz CT molecular complexity index is 886. The van der Waals surface area contributed by atoms with Gasteiger partial charge in [0.05, 0.1) is 14.2 Å². The van der Waals surface area contributed by atoms with Crippen LogP contribution in [0.5, 0.6) is 11.5 Å². The summed E-state index contributed by atoms with van der Waals surface area (Å²) in [7, 11) is 4.52. The fraction of sp³-hybridized carbons (Fsp3) is 0.381. The van der Waals surface area contributed by atoms with E-state index in [0.717, 1.165) is 16.7 Å². The molecule has 2 aliphatic rings. The Morgan fingerprint density at radius 1 is 1.11 bits per heavy atom. The molecule has 0 aliphatic carbocycles. The predicted octanol–water partition coefficient (Wildman–Crippen LogP) is 1.65. The lowest BCUT2D eigenvalue weighted by atomic mass is 9.74. The SMILES string of the molecule is COc1cc2c(cc1OC)[C@@]1(c3ccccc3)C(O)OC(OC)C(=O)N1CC2. The quantitative estimate of drug-likeness (QED) is 0.863. The number of methoxy groups -OCH3 is 3. The van der Waals surface area contributed by atoms with Crippen molar-refractivity contribution in [2.45, 2.75) is 24.5 Å². The van der Waals surface area contributed by atoms with Gasteiger partial charge in [-0.05, 0) is 35.2 Å². The van der Waals surface area contributed by atoms with Crippen LogP contribution in [0.4, 0.5) is 0 Å². The summed E-state index contributed by atoms with van der Waals surface area (Å²) in [6, 6.07) is 13.1. The molecule has 1 fully saturated rings. The second kappa shape index (κ2) is 7.09. The molecule has 1 saturated heterocycles. The second-order valence-corrected chi connectivity index (χ2v) is 6.79. The van der Waals surface area contributed by atoms with Crippen LogP contribution in [0.3, 0.4) is 0 Å². The van der Waals surface area contributed by atoms with Gasteiger partial charge in [-0.1, -0.05) is 30.3 Å². The van der Waals surface area contributed by atoms with Crippen molar-refractivity contribution in [3.63, 3.8) is 0 Å². The number of hydrogen-bond donors (Lipinski definition) is 1. The van der Waals surface area contributed by atoms with Crippen molar-refractivity contribution in [2.75, 3.05) is 27.9 Å². The molecule has 148 valence electrons. The van der Waals surface area contributed by atoms with Crippen LogP contribution in [-0.4, -0.2) is 56.4 Å². The van der Waals surface area contributed by atoms with Gasteiger partial charge in [-0.3, -0.25) is 4.79 Å². The average Bonchev–Trinajstić information content (AvgIpc) is 2.74. The van der Waals surface area contributed by atoms with Crippen molar-refractivity contribution in [3.8, 4) is 11.5 Å². The maximum Gasteiger partial charge on any atom is 0.280 e. The Labute approximate surface area is 163 Å². The molecule has 28 heavy (non-hydrogen) atoms. The van der Waals surface area contributed by atoms with Crippen LogP contribution >= 0.6 is 0 Å². The van der Waals surface area contributed by atoms with Gasteiger partial charge in [-0.2, -0.15) is 0 Å². The van der Waals surface area contributed by atoms with Crippen molar-refractivity contribution in [3.05, 3.63) is 59.2 Å². The molecule has 0 spiro atoms. The fourth-order valence-corrected chi connectivity index (χ4v) is 4.29. The van der Waals surface area contributed by atoms with E-state index in [9.17, 15) is 9.90 Å². The minimum atomic E-state index is -1.32. The maximum absolute atomic E-state index is 13.1. The lowest BCUT2D eigenvalue weighted by Gasteiger charge is -2.54. The smallest absolute Gasteiger partial charge is 0.280 e. The predicted molar refractivity (Wildman–Crippen MR) is 100 cm³/mol. The summed E-state index contributed by atoms with van der Waals surface area (Å²) >= 11 is 0. The fourth-order valence-electron chi connectivity index (χ4n) is 4.29. The van der Waals surface area contributed by atoms with Crippen LogP contribution in [0.25, 0.3) is 0 Å². The van der Waals surface area contributed by atoms with Gasteiger partial charge in [0.15, 0.2) is 17.8 Å². The molecular weight excluding hydrogens is 362 g/mol. The second-order valence-electron chi connectivity index (χ2n) is 6.79. The van der Waals surface area contributed by atoms with Crippen LogP contribution in [0.15, 0.2) is 42.5 Å². The monoisotopic (exact) mass is 385 g/mol. The molecule has 0 bridgehead atoms. The first-order valence-electron chi connectivity index (χ1n) is 9.06. The van der Waals surface area contributed by atoms with E-state index in [-0.39, 0.29) is 5.91 Å². The van der Waals surface area contributed by atoms with Crippen molar-refractivity contribution in [1.29, 1.82) is 0 Å². The highest BCUT2D eigenvalue weighted by Crippen LogP contribution is 2.49. The molecular formula is C21H23NO6. The Hall–Kier alpha value is -2.61. The molecule has 2 aliphatic heterocycles. The minimum absolute atomic E-state index is 0.322. The molecule has 7 nitrogen and oxygen atoms in total. The van der Waals surface area contributed by atoms with Gasteiger partial charge < -0.3 is 29.0 Å². The summed E-state index contributed by atoms with van der Waals surface area (Å²) in [4.78, 5) is 14.8. The molecule has 2 heterocycles. The summed E-state index contributed by atoms with van der Waals surface area (Å²) in [5.74, 6) is 0.800. The lowest BCUT2D eigenvalue weighted by Crippen LogP contribution is -2.67. The van der Waals surface area contributed by atoms with Gasteiger partial charge in [0.25, 0.3) is 5.91 Å². The maximum atomic E-state index is 13.1. The number of carbonyl (C=O) groups excluding carboxylic acids is 1. The number of fused-ring (bicyclic) bond motifs is 3. The van der Waals surface area contributed by atoms with E-state index in [0.29, 0.717) is 24.5 Å². The molecule has 1 N–H and O–H groups in total. The molecule has 2 unspecified atom stereocenters. The van der Waals surface area contributed by atoms with E-state index in [1.54, 1.807) is 19.1 Å². The number of morpholine rings is 1. The molecule has 2 aromatic rings. The van der Waals surface area contributed by atoms with E-state index in [4.69, 9.17) is 18.9 Å². The Morgan fingerprint density at radius 2 is 1.79 bits per heavy atom. The van der Waals surface area contributed by atoms with Crippen molar-refractivity contribution >= 4 is 5.91 Å². The lowest BCUT2D eigenvalue weighted by molar-refractivity contribution is -0.285. The van der Waals surface area contributed by atoms with Gasteiger partial charge in [0, 0.05) is 13.7 Å². The molecule has 3 atom stereocenters. The zero-order valence-electron chi connectivity index (χ0n) is 16.0. The topological polar surface area (TPSA) is 77.5 Å². The number of aliphatic hydroxyl groups is 1. The highest BCUT2D eigenvalue weighted by molar-refractivity contribution is 5.83. The number of benzene rings is 2. The zero-order valence-corrected chi connectivity index (χ0v) is 16.0. The standard InChI is InChI=1S/C21H23NO6/c1-25-16-11-13-9-10-22-18(23)19(27-3)28-20(24)21(22,14-7-5-4-6-8-14)15(13)12-17(16)26-2/h4-8,11-12,19-20,24H,9-10H2,1-3H3/t19?,20?,21-/m0/s1. The first kappa shape index (κ1) is 18.7. The zero-order chi connectivity index (χ0) is 19.9. The van der Waals surface area contributed by atoms with E-state index >= 15 is 0 Å². The van der Waals surface area contributed by atoms with Crippen LogP contribution in [-0.2, 0) is 26.2 Å². The van der Waals surface area contributed by atoms with Crippen LogP contribution in [0.1, 0.15) is 16.7 Å². The number of ether oxygens (including phenoxy) is 4. The van der Waals surface area contributed by atoms with Gasteiger partial charge in [-0.25, -0.2) is 0 Å². The van der Waals surface area contributed by atoms with Gasteiger partial charge in [0.2, 0.25) is 6.29 Å². The van der Waals surface area contributed by atoms with Crippen molar-refractivity contribution in [2.24, 2.45) is 0 Å². The highest BCUT2D eigenvalue weighted by atomic mass is 16.7. The van der Waals surface area contributed by atoms with E-state index < -0.39 is 18.1 Å². The first-order chi connectivity index (χ1) is 13.6. The van der Waals surface area contributed by atoms with Gasteiger partial charge in [-0.15, -0.1) is 0 Å². The average molecular weight is 385 g/mol.